The Hall–Kier alpha value is -2.28. The molecule has 33 heavy (non-hydrogen) atoms. The Labute approximate surface area is 201 Å². The number of aryl methyl sites for hydroxylation is 2. The first kappa shape index (κ1) is 23.9. The number of ether oxygens (including phenoxy) is 1. The van der Waals surface area contributed by atoms with Crippen LogP contribution in [0.15, 0.2) is 36.4 Å². The minimum Gasteiger partial charge on any atom is -0.379 e. The van der Waals surface area contributed by atoms with Crippen LogP contribution in [0.5, 0.6) is 0 Å². The predicted octanol–water partition coefficient (Wildman–Crippen LogP) is 5.58. The highest BCUT2D eigenvalue weighted by molar-refractivity contribution is 7.22. The number of hydrogen-bond donors (Lipinski definition) is 0. The molecule has 1 aliphatic heterocycles. The van der Waals surface area contributed by atoms with Crippen molar-refractivity contribution in [2.45, 2.75) is 46.5 Å². The lowest BCUT2D eigenvalue weighted by atomic mass is 9.86. The SMILES string of the molecule is Cc1cc2nc(N(CCCN3CCOCC3)C(=O)c3ccc(C(C)(C)C)cc3)sc2cc1C. The lowest BCUT2D eigenvalue weighted by Gasteiger charge is -2.28. The number of morpholine rings is 1. The Kier molecular flexibility index (Phi) is 7.17. The molecule has 4 rings (SSSR count). The molecule has 0 unspecified atom stereocenters. The Morgan fingerprint density at radius 3 is 2.42 bits per heavy atom. The van der Waals surface area contributed by atoms with Gasteiger partial charge in [0.1, 0.15) is 0 Å². The molecule has 0 radical (unpaired) electrons. The Morgan fingerprint density at radius 2 is 1.76 bits per heavy atom. The molecular formula is C27H35N3O2S. The first-order valence-electron chi connectivity index (χ1n) is 11.8. The van der Waals surface area contributed by atoms with E-state index < -0.39 is 0 Å². The molecule has 1 aliphatic rings. The highest BCUT2D eigenvalue weighted by Gasteiger charge is 2.23. The van der Waals surface area contributed by atoms with E-state index in [1.165, 1.54) is 16.7 Å². The number of benzene rings is 2. The van der Waals surface area contributed by atoms with Gasteiger partial charge in [0.05, 0.1) is 23.4 Å². The Bertz CT molecular complexity index is 1070. The van der Waals surface area contributed by atoms with E-state index in [4.69, 9.17) is 9.72 Å². The van der Waals surface area contributed by atoms with E-state index in [0.29, 0.717) is 12.1 Å². The van der Waals surface area contributed by atoms with Crippen LogP contribution >= 0.6 is 11.3 Å². The summed E-state index contributed by atoms with van der Waals surface area (Å²) >= 11 is 1.61. The zero-order valence-electron chi connectivity index (χ0n) is 20.5. The summed E-state index contributed by atoms with van der Waals surface area (Å²) in [6, 6.07) is 12.4. The minimum atomic E-state index is 0.0185. The van der Waals surface area contributed by atoms with Crippen LogP contribution in [0.2, 0.25) is 0 Å². The molecule has 0 aliphatic carbocycles. The summed E-state index contributed by atoms with van der Waals surface area (Å²) < 4.78 is 6.59. The number of thiazole rings is 1. The van der Waals surface area contributed by atoms with Crippen LogP contribution in [0, 0.1) is 13.8 Å². The monoisotopic (exact) mass is 465 g/mol. The lowest BCUT2D eigenvalue weighted by Crippen LogP contribution is -2.39. The number of rotatable bonds is 6. The smallest absolute Gasteiger partial charge is 0.260 e. The quantitative estimate of drug-likeness (QED) is 0.477. The molecule has 1 aromatic heterocycles. The van der Waals surface area contributed by atoms with Crippen molar-refractivity contribution in [2.24, 2.45) is 0 Å². The van der Waals surface area contributed by atoms with E-state index in [1.54, 1.807) is 11.3 Å². The average molecular weight is 466 g/mol. The number of nitrogens with zero attached hydrogens (tertiary/aromatic N) is 3. The van der Waals surface area contributed by atoms with Crippen LogP contribution < -0.4 is 4.90 Å². The summed E-state index contributed by atoms with van der Waals surface area (Å²) in [6.45, 7) is 15.9. The van der Waals surface area contributed by atoms with Crippen LogP contribution in [0.1, 0.15) is 54.2 Å². The maximum atomic E-state index is 13.7. The van der Waals surface area contributed by atoms with Gasteiger partial charge in [-0.2, -0.15) is 0 Å². The molecule has 2 heterocycles. The Balaban J connectivity index is 1.59. The van der Waals surface area contributed by atoms with Crippen molar-refractivity contribution in [3.8, 4) is 0 Å². The van der Waals surface area contributed by atoms with E-state index in [2.05, 4.69) is 63.8 Å². The second-order valence-electron chi connectivity index (χ2n) is 9.99. The summed E-state index contributed by atoms with van der Waals surface area (Å²) in [4.78, 5) is 22.8. The molecule has 6 heteroatoms. The summed E-state index contributed by atoms with van der Waals surface area (Å²) in [6.07, 6.45) is 0.903. The third-order valence-electron chi connectivity index (χ3n) is 6.43. The predicted molar refractivity (Wildman–Crippen MR) is 138 cm³/mol. The maximum Gasteiger partial charge on any atom is 0.260 e. The van der Waals surface area contributed by atoms with Gasteiger partial charge in [-0.25, -0.2) is 4.98 Å². The van der Waals surface area contributed by atoms with Gasteiger partial charge in [-0.1, -0.05) is 44.2 Å². The molecule has 176 valence electrons. The number of anilines is 1. The molecule has 3 aromatic rings. The van der Waals surface area contributed by atoms with Gasteiger partial charge >= 0.3 is 0 Å². The van der Waals surface area contributed by atoms with E-state index in [0.717, 1.165) is 54.6 Å². The largest absolute Gasteiger partial charge is 0.379 e. The van der Waals surface area contributed by atoms with Crippen LogP contribution in [0.4, 0.5) is 5.13 Å². The van der Waals surface area contributed by atoms with Crippen molar-refractivity contribution in [2.75, 3.05) is 44.3 Å². The molecule has 1 saturated heterocycles. The fourth-order valence-corrected chi connectivity index (χ4v) is 5.18. The molecule has 1 fully saturated rings. The third kappa shape index (κ3) is 5.62. The van der Waals surface area contributed by atoms with E-state index >= 15 is 0 Å². The van der Waals surface area contributed by atoms with Crippen molar-refractivity contribution in [3.05, 3.63) is 58.7 Å². The molecule has 0 N–H and O–H groups in total. The van der Waals surface area contributed by atoms with Gasteiger partial charge in [-0.3, -0.25) is 14.6 Å². The van der Waals surface area contributed by atoms with E-state index in [-0.39, 0.29) is 11.3 Å². The number of hydrogen-bond acceptors (Lipinski definition) is 5. The van der Waals surface area contributed by atoms with Crippen molar-refractivity contribution >= 4 is 32.6 Å². The van der Waals surface area contributed by atoms with Gasteiger partial charge in [0, 0.05) is 31.7 Å². The molecular weight excluding hydrogens is 430 g/mol. The number of carbonyl (C=O) groups is 1. The maximum absolute atomic E-state index is 13.7. The number of aromatic nitrogens is 1. The lowest BCUT2D eigenvalue weighted by molar-refractivity contribution is 0.0376. The van der Waals surface area contributed by atoms with Crippen LogP contribution in [0.3, 0.4) is 0 Å². The van der Waals surface area contributed by atoms with Crippen molar-refractivity contribution in [1.29, 1.82) is 0 Å². The van der Waals surface area contributed by atoms with Crippen LogP contribution in [-0.2, 0) is 10.2 Å². The van der Waals surface area contributed by atoms with Gasteiger partial charge in [-0.05, 0) is 66.6 Å². The zero-order valence-corrected chi connectivity index (χ0v) is 21.3. The second kappa shape index (κ2) is 9.92. The normalized spacial score (nSPS) is 15.2. The van der Waals surface area contributed by atoms with E-state index in [9.17, 15) is 4.79 Å². The molecule has 5 nitrogen and oxygen atoms in total. The van der Waals surface area contributed by atoms with Gasteiger partial charge in [-0.15, -0.1) is 0 Å². The highest BCUT2D eigenvalue weighted by atomic mass is 32.1. The summed E-state index contributed by atoms with van der Waals surface area (Å²) in [7, 11) is 0. The number of amides is 1. The average Bonchev–Trinajstić information content (AvgIpc) is 3.19. The highest BCUT2D eigenvalue weighted by Crippen LogP contribution is 2.32. The fourth-order valence-electron chi connectivity index (χ4n) is 4.11. The minimum absolute atomic E-state index is 0.0185. The zero-order chi connectivity index (χ0) is 23.6. The standard InChI is InChI=1S/C27H35N3O2S/c1-19-17-23-24(18-20(19)2)33-26(28-23)30(12-6-11-29-13-15-32-16-14-29)25(31)21-7-9-22(10-8-21)27(3,4)5/h7-10,17-18H,6,11-16H2,1-5H3. The van der Waals surface area contributed by atoms with Gasteiger partial charge in [0.15, 0.2) is 5.13 Å². The molecule has 0 spiro atoms. The summed E-state index contributed by atoms with van der Waals surface area (Å²) in [5.41, 5.74) is 5.43. The molecule has 0 atom stereocenters. The number of fused-ring (bicyclic) bond motifs is 1. The fraction of sp³-hybridized carbons (Fsp3) is 0.481. The van der Waals surface area contributed by atoms with Crippen LogP contribution in [-0.4, -0.2) is 55.2 Å². The first-order valence-corrected chi connectivity index (χ1v) is 12.6. The van der Waals surface area contributed by atoms with Gasteiger partial charge in [0.25, 0.3) is 5.91 Å². The second-order valence-corrected chi connectivity index (χ2v) is 11.0. The van der Waals surface area contributed by atoms with Crippen molar-refractivity contribution < 1.29 is 9.53 Å². The molecule has 2 aromatic carbocycles. The van der Waals surface area contributed by atoms with Gasteiger partial charge < -0.3 is 4.74 Å². The van der Waals surface area contributed by atoms with Crippen molar-refractivity contribution in [3.63, 3.8) is 0 Å². The Morgan fingerprint density at radius 1 is 1.09 bits per heavy atom. The summed E-state index contributed by atoms with van der Waals surface area (Å²) in [5.74, 6) is 0.0185. The van der Waals surface area contributed by atoms with Gasteiger partial charge in [0.2, 0.25) is 0 Å². The van der Waals surface area contributed by atoms with E-state index in [1.807, 2.05) is 17.0 Å². The number of carbonyl (C=O) groups excluding carboxylic acids is 1. The summed E-state index contributed by atoms with van der Waals surface area (Å²) in [5, 5.41) is 0.780. The first-order chi connectivity index (χ1) is 15.7. The van der Waals surface area contributed by atoms with Crippen molar-refractivity contribution in [1.82, 2.24) is 9.88 Å². The third-order valence-corrected chi connectivity index (χ3v) is 7.47. The molecule has 1 amide bonds. The molecule has 0 saturated carbocycles. The van der Waals surface area contributed by atoms with Crippen LogP contribution in [0.25, 0.3) is 10.2 Å². The molecule has 0 bridgehead atoms. The topological polar surface area (TPSA) is 45.7 Å².